The van der Waals surface area contributed by atoms with Crippen LogP contribution in [0.2, 0.25) is 5.02 Å². The van der Waals surface area contributed by atoms with Gasteiger partial charge in [0.15, 0.2) is 0 Å². The molecule has 6 nitrogen and oxygen atoms in total. The molecule has 1 aromatic rings. The average molecular weight is 294 g/mol. The zero-order chi connectivity index (χ0) is 14.6. The van der Waals surface area contributed by atoms with Crippen molar-refractivity contribution < 1.29 is 14.4 Å². The molecule has 7 heteroatoms. The van der Waals surface area contributed by atoms with Crippen LogP contribution in [-0.4, -0.2) is 46.7 Å². The number of halogens is 1. The molecule has 3 rings (SSSR count). The van der Waals surface area contributed by atoms with E-state index >= 15 is 0 Å². The van der Waals surface area contributed by atoms with E-state index in [1.807, 2.05) is 0 Å². The van der Waals surface area contributed by atoms with Crippen LogP contribution in [0, 0.1) is 0 Å². The van der Waals surface area contributed by atoms with E-state index in [2.05, 4.69) is 0 Å². The molecule has 1 saturated heterocycles. The van der Waals surface area contributed by atoms with Crippen LogP contribution >= 0.6 is 11.6 Å². The second-order valence-corrected chi connectivity index (χ2v) is 5.35. The molecular weight excluding hydrogens is 282 g/mol. The van der Waals surface area contributed by atoms with Gasteiger partial charge in [0.05, 0.1) is 22.2 Å². The zero-order valence-corrected chi connectivity index (χ0v) is 11.5. The maximum Gasteiger partial charge on any atom is 0.264 e. The van der Waals surface area contributed by atoms with Crippen LogP contribution in [0.15, 0.2) is 12.1 Å². The summed E-state index contributed by atoms with van der Waals surface area (Å²) in [4.78, 5) is 38.6. The van der Waals surface area contributed by atoms with Gasteiger partial charge in [0.1, 0.15) is 0 Å². The summed E-state index contributed by atoms with van der Waals surface area (Å²) in [6.07, 6.45) is 0. The molecule has 2 aliphatic heterocycles. The van der Waals surface area contributed by atoms with Crippen LogP contribution in [0.3, 0.4) is 0 Å². The number of rotatable bonds is 1. The number of likely N-dealkylation sites (tertiary alicyclic amines) is 1. The summed E-state index contributed by atoms with van der Waals surface area (Å²) in [6.45, 7) is 2.17. The standard InChI is InChI=1S/C13H12ClN3O3/c1-6(18)16-4-7(5-16)17-12(19)10-8(14)2-3-9(15)11(10)13(17)20/h2-3,7H,4-5,15H2,1H3. The predicted octanol–water partition coefficient (Wildman–Crippen LogP) is 0.749. The lowest BCUT2D eigenvalue weighted by Crippen LogP contribution is -2.61. The Morgan fingerprint density at radius 1 is 1.25 bits per heavy atom. The minimum Gasteiger partial charge on any atom is -0.398 e. The van der Waals surface area contributed by atoms with Gasteiger partial charge >= 0.3 is 0 Å². The Labute approximate surface area is 120 Å². The Hall–Kier alpha value is -2.08. The van der Waals surface area contributed by atoms with Crippen LogP contribution in [0.5, 0.6) is 0 Å². The Morgan fingerprint density at radius 3 is 2.40 bits per heavy atom. The van der Waals surface area contributed by atoms with Crippen molar-refractivity contribution in [3.63, 3.8) is 0 Å². The molecule has 0 atom stereocenters. The normalized spacial score (nSPS) is 18.3. The second kappa shape index (κ2) is 4.21. The molecule has 0 spiro atoms. The van der Waals surface area contributed by atoms with E-state index in [9.17, 15) is 14.4 Å². The number of benzene rings is 1. The van der Waals surface area contributed by atoms with Crippen LogP contribution < -0.4 is 5.73 Å². The number of carbonyl (C=O) groups excluding carboxylic acids is 3. The number of nitrogen functional groups attached to an aromatic ring is 1. The molecule has 0 saturated carbocycles. The Bertz CT molecular complexity index is 612. The average Bonchev–Trinajstić information content (AvgIpc) is 2.57. The molecule has 0 aromatic heterocycles. The number of anilines is 1. The van der Waals surface area contributed by atoms with E-state index in [4.69, 9.17) is 17.3 Å². The maximum absolute atomic E-state index is 12.4. The second-order valence-electron chi connectivity index (χ2n) is 4.94. The first-order valence-electron chi connectivity index (χ1n) is 6.13. The first-order chi connectivity index (χ1) is 9.41. The van der Waals surface area contributed by atoms with Crippen molar-refractivity contribution in [2.75, 3.05) is 18.8 Å². The van der Waals surface area contributed by atoms with Crippen molar-refractivity contribution in [2.45, 2.75) is 13.0 Å². The lowest BCUT2D eigenvalue weighted by molar-refractivity contribution is -0.134. The van der Waals surface area contributed by atoms with Gasteiger partial charge < -0.3 is 10.6 Å². The highest BCUT2D eigenvalue weighted by Gasteiger charge is 2.46. The van der Waals surface area contributed by atoms with Gasteiger partial charge in [0, 0.05) is 25.7 Å². The Balaban J connectivity index is 1.93. The van der Waals surface area contributed by atoms with Crippen LogP contribution in [0.25, 0.3) is 0 Å². The lowest BCUT2D eigenvalue weighted by atomic mass is 10.1. The minimum absolute atomic E-state index is 0.0737. The predicted molar refractivity (Wildman–Crippen MR) is 72.4 cm³/mol. The first-order valence-corrected chi connectivity index (χ1v) is 6.51. The van der Waals surface area contributed by atoms with E-state index in [1.165, 1.54) is 19.1 Å². The monoisotopic (exact) mass is 293 g/mol. The lowest BCUT2D eigenvalue weighted by Gasteiger charge is -2.42. The number of imide groups is 1. The summed E-state index contributed by atoms with van der Waals surface area (Å²) >= 11 is 5.99. The fourth-order valence-electron chi connectivity index (χ4n) is 2.57. The number of nitrogens with two attached hydrogens (primary N) is 1. The highest BCUT2D eigenvalue weighted by molar-refractivity contribution is 6.38. The van der Waals surface area contributed by atoms with E-state index in [1.54, 1.807) is 4.90 Å². The van der Waals surface area contributed by atoms with Crippen molar-refractivity contribution >= 4 is 35.0 Å². The molecule has 2 aliphatic rings. The molecule has 0 bridgehead atoms. The largest absolute Gasteiger partial charge is 0.398 e. The van der Waals surface area contributed by atoms with Crippen molar-refractivity contribution in [1.29, 1.82) is 0 Å². The number of amides is 3. The smallest absolute Gasteiger partial charge is 0.264 e. The molecule has 2 heterocycles. The molecule has 3 amide bonds. The summed E-state index contributed by atoms with van der Waals surface area (Å²) < 4.78 is 0. The van der Waals surface area contributed by atoms with E-state index < -0.39 is 11.8 Å². The molecule has 0 aliphatic carbocycles. The first kappa shape index (κ1) is 12.9. The SMILES string of the molecule is CC(=O)N1CC(N2C(=O)c3c(N)ccc(Cl)c3C2=O)C1. The van der Waals surface area contributed by atoms with Crippen LogP contribution in [-0.2, 0) is 4.79 Å². The molecule has 1 aromatic carbocycles. The van der Waals surface area contributed by atoms with Crippen molar-refractivity contribution in [3.8, 4) is 0 Å². The van der Waals surface area contributed by atoms with Gasteiger partial charge in [-0.25, -0.2) is 0 Å². The molecule has 2 N–H and O–H groups in total. The van der Waals surface area contributed by atoms with Crippen molar-refractivity contribution in [1.82, 2.24) is 9.80 Å². The van der Waals surface area contributed by atoms with E-state index in [0.29, 0.717) is 13.1 Å². The molecule has 20 heavy (non-hydrogen) atoms. The number of hydrogen-bond acceptors (Lipinski definition) is 4. The van der Waals surface area contributed by atoms with Crippen molar-refractivity contribution in [3.05, 3.63) is 28.3 Å². The number of nitrogens with zero attached hydrogens (tertiary/aromatic N) is 2. The van der Waals surface area contributed by atoms with E-state index in [0.717, 1.165) is 4.90 Å². The quantitative estimate of drug-likeness (QED) is 0.612. The van der Waals surface area contributed by atoms with Crippen LogP contribution in [0.4, 0.5) is 5.69 Å². The Kier molecular flexibility index (Phi) is 2.72. The third-order valence-corrected chi connectivity index (χ3v) is 4.04. The highest BCUT2D eigenvalue weighted by Crippen LogP contribution is 2.35. The summed E-state index contributed by atoms with van der Waals surface area (Å²) in [5.41, 5.74) is 6.35. The summed E-state index contributed by atoms with van der Waals surface area (Å²) in [7, 11) is 0. The fraction of sp³-hybridized carbons (Fsp3) is 0.308. The fourth-order valence-corrected chi connectivity index (χ4v) is 2.81. The van der Waals surface area contributed by atoms with Gasteiger partial charge in [-0.05, 0) is 12.1 Å². The molecule has 1 fully saturated rings. The van der Waals surface area contributed by atoms with Gasteiger partial charge in [0.25, 0.3) is 11.8 Å². The van der Waals surface area contributed by atoms with Gasteiger partial charge in [-0.1, -0.05) is 11.6 Å². The topological polar surface area (TPSA) is 83.7 Å². The highest BCUT2D eigenvalue weighted by atomic mass is 35.5. The Morgan fingerprint density at radius 2 is 1.85 bits per heavy atom. The molecule has 104 valence electrons. The third kappa shape index (κ3) is 1.61. The van der Waals surface area contributed by atoms with Gasteiger partial charge in [-0.3, -0.25) is 19.3 Å². The summed E-state index contributed by atoms with van der Waals surface area (Å²) in [6, 6.07) is 2.72. The maximum atomic E-state index is 12.4. The van der Waals surface area contributed by atoms with Crippen molar-refractivity contribution in [2.24, 2.45) is 0 Å². The van der Waals surface area contributed by atoms with Gasteiger partial charge in [0.2, 0.25) is 5.91 Å². The van der Waals surface area contributed by atoms with Gasteiger partial charge in [-0.15, -0.1) is 0 Å². The number of hydrogen-bond donors (Lipinski definition) is 1. The molecule has 0 unspecified atom stereocenters. The number of fused-ring (bicyclic) bond motifs is 1. The zero-order valence-electron chi connectivity index (χ0n) is 10.7. The number of carbonyl (C=O) groups is 3. The summed E-state index contributed by atoms with van der Waals surface area (Å²) in [5, 5.41) is 0.220. The third-order valence-electron chi connectivity index (χ3n) is 3.72. The van der Waals surface area contributed by atoms with Crippen LogP contribution in [0.1, 0.15) is 27.6 Å². The van der Waals surface area contributed by atoms with Gasteiger partial charge in [-0.2, -0.15) is 0 Å². The minimum atomic E-state index is -0.435. The van der Waals surface area contributed by atoms with E-state index in [-0.39, 0.29) is 33.8 Å². The molecule has 0 radical (unpaired) electrons. The molecular formula is C13H12ClN3O3. The summed E-state index contributed by atoms with van der Waals surface area (Å²) in [5.74, 6) is -0.941.